The number of carbonyl (C=O) groups excluding carboxylic acids is 3. The Kier molecular flexibility index (Phi) is 9.17. The number of carbonyl (C=O) groups is 3. The average Bonchev–Trinajstić information content (AvgIpc) is 3.32. The summed E-state index contributed by atoms with van der Waals surface area (Å²) in [5, 5.41) is 2.66. The van der Waals surface area contributed by atoms with Gasteiger partial charge in [0.1, 0.15) is 12.3 Å². The van der Waals surface area contributed by atoms with E-state index in [2.05, 4.69) is 57.3 Å². The van der Waals surface area contributed by atoms with Crippen molar-refractivity contribution in [3.8, 4) is 0 Å². The predicted octanol–water partition coefficient (Wildman–Crippen LogP) is 3.08. The maximum Gasteiger partial charge on any atom is 0.255 e. The Labute approximate surface area is 238 Å². The molecule has 8 nitrogen and oxygen atoms in total. The number of hydrogen-bond donors (Lipinski definition) is 1. The molecule has 0 saturated carbocycles. The zero-order valence-corrected chi connectivity index (χ0v) is 24.0. The standard InChI is InChI=1S/C32H43N5O3/c1-24-8-10-25(11-9-24)21-34-16-18-35(19-17-34)22-26-12-14-36(15-13-26)29-6-3-5-27-28(29)23-37(32(27)40)30(7-4-20-38)31(39)33-2/h3,5-6,8-11,20,26,30H,4,7,12-19,21-23H2,1-2H3,(H,33,39). The molecule has 40 heavy (non-hydrogen) atoms. The maximum atomic E-state index is 13.3. The number of piperidine rings is 1. The van der Waals surface area contributed by atoms with Crippen LogP contribution in [0.4, 0.5) is 5.69 Å². The number of rotatable bonds is 10. The fraction of sp³-hybridized carbons (Fsp3) is 0.531. The van der Waals surface area contributed by atoms with Crippen molar-refractivity contribution < 1.29 is 14.4 Å². The molecule has 3 aliphatic rings. The predicted molar refractivity (Wildman–Crippen MR) is 157 cm³/mol. The fourth-order valence-electron chi connectivity index (χ4n) is 6.51. The van der Waals surface area contributed by atoms with Crippen molar-refractivity contribution in [2.24, 2.45) is 5.92 Å². The summed E-state index contributed by atoms with van der Waals surface area (Å²) in [6.45, 7) is 11.2. The Morgan fingerprint density at radius 2 is 1.70 bits per heavy atom. The van der Waals surface area contributed by atoms with Gasteiger partial charge in [-0.05, 0) is 49.8 Å². The summed E-state index contributed by atoms with van der Waals surface area (Å²) in [4.78, 5) is 46.1. The Morgan fingerprint density at radius 1 is 1.00 bits per heavy atom. The molecule has 3 heterocycles. The summed E-state index contributed by atoms with van der Waals surface area (Å²) in [6, 6.07) is 14.2. The van der Waals surface area contributed by atoms with Crippen molar-refractivity contribution in [1.82, 2.24) is 20.0 Å². The third-order valence-corrected chi connectivity index (χ3v) is 8.92. The molecule has 2 amide bonds. The van der Waals surface area contributed by atoms with Crippen LogP contribution in [0.5, 0.6) is 0 Å². The highest BCUT2D eigenvalue weighted by Gasteiger charge is 2.38. The third-order valence-electron chi connectivity index (χ3n) is 8.92. The summed E-state index contributed by atoms with van der Waals surface area (Å²) in [5.41, 5.74) is 5.52. The summed E-state index contributed by atoms with van der Waals surface area (Å²) in [7, 11) is 1.57. The molecular weight excluding hydrogens is 502 g/mol. The minimum absolute atomic E-state index is 0.118. The molecule has 2 fully saturated rings. The van der Waals surface area contributed by atoms with Crippen molar-refractivity contribution in [3.05, 3.63) is 64.7 Å². The summed E-state index contributed by atoms with van der Waals surface area (Å²) >= 11 is 0. The zero-order chi connectivity index (χ0) is 28.1. The second kappa shape index (κ2) is 13.0. The normalized spacial score (nSPS) is 19.5. The van der Waals surface area contributed by atoms with E-state index in [-0.39, 0.29) is 18.2 Å². The van der Waals surface area contributed by atoms with Crippen molar-refractivity contribution >= 4 is 23.8 Å². The van der Waals surface area contributed by atoms with Crippen LogP contribution in [-0.2, 0) is 22.7 Å². The van der Waals surface area contributed by atoms with E-state index in [0.29, 0.717) is 24.4 Å². The Bertz CT molecular complexity index is 1180. The van der Waals surface area contributed by atoms with Gasteiger partial charge in [0.25, 0.3) is 5.91 Å². The van der Waals surface area contributed by atoms with E-state index >= 15 is 0 Å². The maximum absolute atomic E-state index is 13.3. The number of fused-ring (bicyclic) bond motifs is 1. The number of likely N-dealkylation sites (N-methyl/N-ethyl adjacent to an activating group) is 1. The Hall–Kier alpha value is -3.23. The molecule has 2 aromatic carbocycles. The molecule has 0 aromatic heterocycles. The summed E-state index contributed by atoms with van der Waals surface area (Å²) in [5.74, 6) is 0.352. The summed E-state index contributed by atoms with van der Waals surface area (Å²) in [6.07, 6.45) is 3.69. The molecule has 8 heteroatoms. The van der Waals surface area contributed by atoms with Crippen LogP contribution in [0.1, 0.15) is 52.7 Å². The number of nitrogens with zero attached hydrogens (tertiary/aromatic N) is 4. The van der Waals surface area contributed by atoms with Gasteiger partial charge in [-0.15, -0.1) is 0 Å². The van der Waals surface area contributed by atoms with Crippen LogP contribution in [0.3, 0.4) is 0 Å². The minimum atomic E-state index is -0.633. The second-order valence-electron chi connectivity index (χ2n) is 11.6. The lowest BCUT2D eigenvalue weighted by atomic mass is 9.94. The number of hydrogen-bond acceptors (Lipinski definition) is 6. The molecule has 1 N–H and O–H groups in total. The zero-order valence-electron chi connectivity index (χ0n) is 24.0. The molecule has 0 bridgehead atoms. The molecule has 0 aliphatic carbocycles. The van der Waals surface area contributed by atoms with Gasteiger partial charge in [0, 0.05) is 89.2 Å². The molecule has 1 atom stereocenters. The van der Waals surface area contributed by atoms with E-state index in [1.807, 2.05) is 12.1 Å². The highest BCUT2D eigenvalue weighted by molar-refractivity contribution is 6.02. The minimum Gasteiger partial charge on any atom is -0.371 e. The van der Waals surface area contributed by atoms with Crippen molar-refractivity contribution in [1.29, 1.82) is 0 Å². The van der Waals surface area contributed by atoms with Crippen LogP contribution in [0.25, 0.3) is 0 Å². The van der Waals surface area contributed by atoms with Crippen LogP contribution >= 0.6 is 0 Å². The number of piperazine rings is 1. The van der Waals surface area contributed by atoms with Crippen LogP contribution in [-0.4, -0.2) is 91.7 Å². The third kappa shape index (κ3) is 6.39. The van der Waals surface area contributed by atoms with E-state index in [9.17, 15) is 14.4 Å². The van der Waals surface area contributed by atoms with Gasteiger partial charge in [-0.2, -0.15) is 0 Å². The molecule has 2 saturated heterocycles. The number of aryl methyl sites for hydroxylation is 1. The van der Waals surface area contributed by atoms with E-state index in [4.69, 9.17) is 0 Å². The first-order valence-corrected chi connectivity index (χ1v) is 14.8. The van der Waals surface area contributed by atoms with Gasteiger partial charge in [-0.1, -0.05) is 35.9 Å². The smallest absolute Gasteiger partial charge is 0.255 e. The van der Waals surface area contributed by atoms with Gasteiger partial charge >= 0.3 is 0 Å². The first-order valence-electron chi connectivity index (χ1n) is 14.8. The highest BCUT2D eigenvalue weighted by atomic mass is 16.2. The highest BCUT2D eigenvalue weighted by Crippen LogP contribution is 2.35. The summed E-state index contributed by atoms with van der Waals surface area (Å²) < 4.78 is 0. The van der Waals surface area contributed by atoms with Gasteiger partial charge < -0.3 is 24.8 Å². The van der Waals surface area contributed by atoms with Crippen LogP contribution in [0.2, 0.25) is 0 Å². The first kappa shape index (κ1) is 28.3. The number of nitrogens with one attached hydrogen (secondary N) is 1. The van der Waals surface area contributed by atoms with E-state index in [1.54, 1.807) is 11.9 Å². The molecule has 0 spiro atoms. The van der Waals surface area contributed by atoms with Gasteiger partial charge in [-0.3, -0.25) is 14.5 Å². The molecule has 2 aromatic rings. The van der Waals surface area contributed by atoms with E-state index < -0.39 is 6.04 Å². The quantitative estimate of drug-likeness (QED) is 0.463. The van der Waals surface area contributed by atoms with Crippen molar-refractivity contribution in [2.75, 3.05) is 57.8 Å². The first-order chi connectivity index (χ1) is 19.5. The average molecular weight is 546 g/mol. The fourth-order valence-corrected chi connectivity index (χ4v) is 6.51. The Balaban J connectivity index is 1.13. The molecular formula is C32H43N5O3. The van der Waals surface area contributed by atoms with Gasteiger partial charge in [0.05, 0.1) is 0 Å². The molecule has 1 unspecified atom stereocenters. The topological polar surface area (TPSA) is 76.2 Å². The molecule has 214 valence electrons. The van der Waals surface area contributed by atoms with Crippen LogP contribution in [0, 0.1) is 12.8 Å². The molecule has 0 radical (unpaired) electrons. The van der Waals surface area contributed by atoms with E-state index in [0.717, 1.165) is 82.7 Å². The lowest BCUT2D eigenvalue weighted by Crippen LogP contribution is -2.48. The molecule has 3 aliphatic heterocycles. The number of aldehydes is 1. The van der Waals surface area contributed by atoms with Gasteiger partial charge in [0.2, 0.25) is 5.91 Å². The number of amides is 2. The number of anilines is 1. The van der Waals surface area contributed by atoms with Crippen molar-refractivity contribution in [2.45, 2.75) is 51.7 Å². The van der Waals surface area contributed by atoms with Gasteiger partial charge in [-0.25, -0.2) is 0 Å². The second-order valence-corrected chi connectivity index (χ2v) is 11.6. The van der Waals surface area contributed by atoms with Crippen LogP contribution < -0.4 is 10.2 Å². The van der Waals surface area contributed by atoms with Crippen molar-refractivity contribution in [3.63, 3.8) is 0 Å². The van der Waals surface area contributed by atoms with E-state index in [1.165, 1.54) is 11.1 Å². The Morgan fingerprint density at radius 3 is 2.38 bits per heavy atom. The van der Waals surface area contributed by atoms with Gasteiger partial charge in [0.15, 0.2) is 0 Å². The monoisotopic (exact) mass is 545 g/mol. The number of benzene rings is 2. The largest absolute Gasteiger partial charge is 0.371 e. The lowest BCUT2D eigenvalue weighted by Gasteiger charge is -2.39. The lowest BCUT2D eigenvalue weighted by molar-refractivity contribution is -0.125. The van der Waals surface area contributed by atoms with Crippen LogP contribution in [0.15, 0.2) is 42.5 Å². The molecule has 5 rings (SSSR count). The SMILES string of the molecule is CNC(=O)C(CCC=O)N1Cc2c(cccc2N2CCC(CN3CCN(Cc4ccc(C)cc4)CC3)CC2)C1=O.